The van der Waals surface area contributed by atoms with Gasteiger partial charge in [-0.25, -0.2) is 4.98 Å². The van der Waals surface area contributed by atoms with E-state index in [1.807, 2.05) is 43.5 Å². The highest BCUT2D eigenvalue weighted by Crippen LogP contribution is 2.18. The summed E-state index contributed by atoms with van der Waals surface area (Å²) >= 11 is 0. The zero-order valence-corrected chi connectivity index (χ0v) is 14.7. The highest BCUT2D eigenvalue weighted by atomic mass is 16.2. The van der Waals surface area contributed by atoms with E-state index >= 15 is 0 Å². The first-order valence-electron chi connectivity index (χ1n) is 8.65. The van der Waals surface area contributed by atoms with E-state index in [0.717, 1.165) is 36.5 Å². The van der Waals surface area contributed by atoms with Crippen molar-refractivity contribution in [1.82, 2.24) is 20.2 Å². The third-order valence-corrected chi connectivity index (χ3v) is 4.45. The minimum atomic E-state index is -0.312. The molecular weight excluding hydrogens is 316 g/mol. The van der Waals surface area contributed by atoms with Crippen molar-refractivity contribution in [2.24, 2.45) is 0 Å². The number of aryl methyl sites for hydroxylation is 2. The molecule has 2 heterocycles. The number of imidazole rings is 1. The van der Waals surface area contributed by atoms with Crippen LogP contribution in [0.1, 0.15) is 42.9 Å². The first kappa shape index (κ1) is 17.2. The Balaban J connectivity index is 1.61. The van der Waals surface area contributed by atoms with Gasteiger partial charge in [-0.2, -0.15) is 0 Å². The third kappa shape index (κ3) is 4.47. The smallest absolute Gasteiger partial charge is 0.222 e. The lowest BCUT2D eigenvalue weighted by Crippen LogP contribution is -2.42. The quantitative estimate of drug-likeness (QED) is 0.873. The Kier molecular flexibility index (Phi) is 5.16. The van der Waals surface area contributed by atoms with Gasteiger partial charge in [0.05, 0.1) is 18.2 Å². The van der Waals surface area contributed by atoms with Crippen LogP contribution in [-0.2, 0) is 22.6 Å². The largest absolute Gasteiger partial charge is 0.351 e. The van der Waals surface area contributed by atoms with Crippen molar-refractivity contribution in [3.63, 3.8) is 0 Å². The second kappa shape index (κ2) is 7.51. The standard InChI is InChI=1S/C19H24N4O2/c1-13-11-23-12-16(8-9-18(23)20-13)22-19(25)10-17(21-14(2)24)15-6-4-3-5-7-15/h3-7,11,16-17H,8-10,12H2,1-2H3,(H,21,24)(H,22,25). The summed E-state index contributed by atoms with van der Waals surface area (Å²) in [5, 5.41) is 5.97. The van der Waals surface area contributed by atoms with Crippen molar-refractivity contribution < 1.29 is 9.59 Å². The average molecular weight is 340 g/mol. The zero-order valence-electron chi connectivity index (χ0n) is 14.7. The molecule has 0 radical (unpaired) electrons. The van der Waals surface area contributed by atoms with Gasteiger partial charge in [0.2, 0.25) is 11.8 Å². The molecule has 25 heavy (non-hydrogen) atoms. The fourth-order valence-corrected chi connectivity index (χ4v) is 3.36. The number of nitrogens with one attached hydrogen (secondary N) is 2. The van der Waals surface area contributed by atoms with Gasteiger partial charge in [-0.05, 0) is 18.9 Å². The van der Waals surface area contributed by atoms with E-state index < -0.39 is 0 Å². The van der Waals surface area contributed by atoms with Gasteiger partial charge in [-0.3, -0.25) is 9.59 Å². The highest BCUT2D eigenvalue weighted by molar-refractivity contribution is 5.79. The van der Waals surface area contributed by atoms with Crippen LogP contribution in [0.3, 0.4) is 0 Å². The Labute approximate surface area is 147 Å². The van der Waals surface area contributed by atoms with Crippen molar-refractivity contribution in [1.29, 1.82) is 0 Å². The number of aromatic nitrogens is 2. The summed E-state index contributed by atoms with van der Waals surface area (Å²) in [6.45, 7) is 4.20. The lowest BCUT2D eigenvalue weighted by atomic mass is 10.0. The van der Waals surface area contributed by atoms with Crippen molar-refractivity contribution in [2.75, 3.05) is 0 Å². The average Bonchev–Trinajstić information content (AvgIpc) is 2.94. The number of rotatable bonds is 5. The van der Waals surface area contributed by atoms with Crippen LogP contribution in [0.2, 0.25) is 0 Å². The Hall–Kier alpha value is -2.63. The number of amides is 2. The van der Waals surface area contributed by atoms with Crippen molar-refractivity contribution in [3.05, 3.63) is 53.6 Å². The van der Waals surface area contributed by atoms with Crippen molar-refractivity contribution >= 4 is 11.8 Å². The molecule has 0 saturated heterocycles. The molecule has 0 spiro atoms. The molecule has 1 aliphatic heterocycles. The van der Waals surface area contributed by atoms with Crippen LogP contribution in [-0.4, -0.2) is 27.4 Å². The Morgan fingerprint density at radius 1 is 1.32 bits per heavy atom. The van der Waals surface area contributed by atoms with E-state index in [-0.39, 0.29) is 30.3 Å². The number of nitrogens with zero attached hydrogens (tertiary/aromatic N) is 2. The second-order valence-electron chi connectivity index (χ2n) is 6.62. The minimum absolute atomic E-state index is 0.0482. The second-order valence-corrected chi connectivity index (χ2v) is 6.62. The lowest BCUT2D eigenvalue weighted by molar-refractivity contribution is -0.123. The molecule has 1 aromatic carbocycles. The van der Waals surface area contributed by atoms with Crippen LogP contribution in [0.25, 0.3) is 0 Å². The van der Waals surface area contributed by atoms with Crippen LogP contribution in [0.4, 0.5) is 0 Å². The van der Waals surface area contributed by atoms with E-state index in [2.05, 4.69) is 20.2 Å². The minimum Gasteiger partial charge on any atom is -0.351 e. The Bertz CT molecular complexity index is 754. The lowest BCUT2D eigenvalue weighted by Gasteiger charge is -2.26. The molecule has 2 N–H and O–H groups in total. The monoisotopic (exact) mass is 340 g/mol. The zero-order chi connectivity index (χ0) is 17.8. The number of carbonyl (C=O) groups is 2. The van der Waals surface area contributed by atoms with Gasteiger partial charge in [-0.1, -0.05) is 30.3 Å². The summed E-state index contributed by atoms with van der Waals surface area (Å²) in [4.78, 5) is 28.5. The maximum absolute atomic E-state index is 12.5. The summed E-state index contributed by atoms with van der Waals surface area (Å²) in [5.74, 6) is 0.897. The molecule has 3 rings (SSSR count). The van der Waals surface area contributed by atoms with Gasteiger partial charge in [-0.15, -0.1) is 0 Å². The fourth-order valence-electron chi connectivity index (χ4n) is 3.36. The molecule has 132 valence electrons. The first-order valence-corrected chi connectivity index (χ1v) is 8.65. The Morgan fingerprint density at radius 2 is 2.08 bits per heavy atom. The highest BCUT2D eigenvalue weighted by Gasteiger charge is 2.23. The molecule has 0 fully saturated rings. The molecule has 1 aliphatic rings. The normalized spacial score (nSPS) is 17.4. The van der Waals surface area contributed by atoms with Gasteiger partial charge in [0, 0.05) is 32.1 Å². The predicted molar refractivity (Wildman–Crippen MR) is 94.8 cm³/mol. The number of benzene rings is 1. The molecule has 1 aromatic heterocycles. The van der Waals surface area contributed by atoms with Crippen molar-refractivity contribution in [2.45, 2.75) is 51.7 Å². The summed E-state index contributed by atoms with van der Waals surface area (Å²) in [5.41, 5.74) is 1.95. The van der Waals surface area contributed by atoms with E-state index in [1.165, 1.54) is 6.92 Å². The summed E-state index contributed by atoms with van der Waals surface area (Å²) in [6.07, 6.45) is 4.01. The van der Waals surface area contributed by atoms with E-state index in [0.29, 0.717) is 0 Å². The van der Waals surface area contributed by atoms with Gasteiger partial charge < -0.3 is 15.2 Å². The van der Waals surface area contributed by atoms with Gasteiger partial charge in [0.25, 0.3) is 0 Å². The first-order chi connectivity index (χ1) is 12.0. The van der Waals surface area contributed by atoms with Crippen molar-refractivity contribution in [3.8, 4) is 0 Å². The molecule has 0 aliphatic carbocycles. The third-order valence-electron chi connectivity index (χ3n) is 4.45. The predicted octanol–water partition coefficient (Wildman–Crippen LogP) is 1.89. The molecule has 6 nitrogen and oxygen atoms in total. The summed E-state index contributed by atoms with van der Waals surface area (Å²) in [7, 11) is 0. The Morgan fingerprint density at radius 3 is 2.80 bits per heavy atom. The number of fused-ring (bicyclic) bond motifs is 1. The van der Waals surface area contributed by atoms with Crippen LogP contribution >= 0.6 is 0 Å². The fraction of sp³-hybridized carbons (Fsp3) is 0.421. The van der Waals surface area contributed by atoms with E-state index in [1.54, 1.807) is 0 Å². The SMILES string of the molecule is CC(=O)NC(CC(=O)NC1CCc2nc(C)cn2C1)c1ccccc1. The van der Waals surface area contributed by atoms with Gasteiger partial charge in [0.1, 0.15) is 5.82 Å². The van der Waals surface area contributed by atoms with E-state index in [4.69, 9.17) is 0 Å². The maximum Gasteiger partial charge on any atom is 0.222 e. The topological polar surface area (TPSA) is 76.0 Å². The van der Waals surface area contributed by atoms with Crippen LogP contribution < -0.4 is 10.6 Å². The molecular formula is C19H24N4O2. The molecule has 0 saturated carbocycles. The van der Waals surface area contributed by atoms with E-state index in [9.17, 15) is 9.59 Å². The van der Waals surface area contributed by atoms with Gasteiger partial charge in [0.15, 0.2) is 0 Å². The maximum atomic E-state index is 12.5. The molecule has 6 heteroatoms. The molecule has 0 bridgehead atoms. The van der Waals surface area contributed by atoms with Crippen LogP contribution in [0.15, 0.2) is 36.5 Å². The van der Waals surface area contributed by atoms with Gasteiger partial charge >= 0.3 is 0 Å². The van der Waals surface area contributed by atoms with Crippen LogP contribution in [0.5, 0.6) is 0 Å². The molecule has 2 aromatic rings. The molecule has 2 atom stereocenters. The van der Waals surface area contributed by atoms with Crippen LogP contribution in [0, 0.1) is 6.92 Å². The summed E-state index contributed by atoms with van der Waals surface area (Å²) in [6, 6.07) is 9.37. The summed E-state index contributed by atoms with van der Waals surface area (Å²) < 4.78 is 2.12. The molecule has 2 unspecified atom stereocenters. The molecule has 2 amide bonds. The number of hydrogen-bond donors (Lipinski definition) is 2. The number of carbonyl (C=O) groups excluding carboxylic acids is 2. The number of hydrogen-bond acceptors (Lipinski definition) is 3.